The molecule has 1 aliphatic heterocycles. The zero-order chi connectivity index (χ0) is 28.6. The van der Waals surface area contributed by atoms with Gasteiger partial charge in [0.15, 0.2) is 0 Å². The number of β-amino-alcohol motifs (C(OH)–C–C–N with tert-alkyl or cyclic N) is 1. The molecule has 40 heavy (non-hydrogen) atoms. The third-order valence-corrected chi connectivity index (χ3v) is 7.21. The Labute approximate surface area is 232 Å². The average molecular weight is 546 g/mol. The summed E-state index contributed by atoms with van der Waals surface area (Å²) in [6, 6.07) is 19.5. The zero-order valence-corrected chi connectivity index (χ0v) is 22.2. The van der Waals surface area contributed by atoms with E-state index in [1.807, 2.05) is 59.5 Å². The third kappa shape index (κ3) is 7.50. The van der Waals surface area contributed by atoms with Crippen molar-refractivity contribution in [2.24, 2.45) is 11.5 Å². The number of amides is 4. The Morgan fingerprint density at radius 2 is 1.68 bits per heavy atom. The van der Waals surface area contributed by atoms with Gasteiger partial charge in [-0.3, -0.25) is 29.4 Å². The minimum absolute atomic E-state index is 0.140. The molecule has 0 saturated carbocycles. The highest BCUT2D eigenvalue weighted by atomic mass is 16.3. The first-order valence-electron chi connectivity index (χ1n) is 13.4. The summed E-state index contributed by atoms with van der Waals surface area (Å²) in [6.45, 7) is 0.753. The van der Waals surface area contributed by atoms with Crippen LogP contribution in [0.1, 0.15) is 35.2 Å². The van der Waals surface area contributed by atoms with Crippen molar-refractivity contribution in [3.8, 4) is 0 Å². The highest BCUT2D eigenvalue weighted by Crippen LogP contribution is 2.19. The number of likely N-dealkylation sites (tertiary alicyclic amines) is 1. The normalized spacial score (nSPS) is 17.6. The van der Waals surface area contributed by atoms with Crippen LogP contribution in [0.25, 0.3) is 10.8 Å². The van der Waals surface area contributed by atoms with Gasteiger partial charge in [-0.25, -0.2) is 0 Å². The van der Waals surface area contributed by atoms with E-state index in [4.69, 9.17) is 11.5 Å². The summed E-state index contributed by atoms with van der Waals surface area (Å²) in [7, 11) is 0. The molecule has 0 spiro atoms. The lowest BCUT2D eigenvalue weighted by molar-refractivity contribution is -0.128. The summed E-state index contributed by atoms with van der Waals surface area (Å²) in [6.07, 6.45) is 0.265. The van der Waals surface area contributed by atoms with Gasteiger partial charge in [0.1, 0.15) is 0 Å². The monoisotopic (exact) mass is 545 g/mol. The Morgan fingerprint density at radius 3 is 2.40 bits per heavy atom. The predicted octanol–water partition coefficient (Wildman–Crippen LogP) is 0.852. The van der Waals surface area contributed by atoms with Gasteiger partial charge >= 0.3 is 0 Å². The molecule has 7 N–H and O–H groups in total. The number of nitrogens with one attached hydrogen (secondary N) is 2. The first-order valence-corrected chi connectivity index (χ1v) is 13.4. The number of imide groups is 1. The number of carbonyl (C=O) groups excluding carboxylic acids is 4. The van der Waals surface area contributed by atoms with E-state index in [0.29, 0.717) is 24.9 Å². The van der Waals surface area contributed by atoms with Crippen LogP contribution >= 0.6 is 0 Å². The van der Waals surface area contributed by atoms with Gasteiger partial charge < -0.3 is 21.9 Å². The summed E-state index contributed by atoms with van der Waals surface area (Å²) in [5.41, 5.74) is 12.7. The van der Waals surface area contributed by atoms with E-state index in [9.17, 15) is 24.3 Å². The highest BCUT2D eigenvalue weighted by Gasteiger charge is 2.33. The molecule has 3 aromatic rings. The summed E-state index contributed by atoms with van der Waals surface area (Å²) >= 11 is 0. The number of aliphatic hydroxyl groups is 1. The number of primary amides is 1. The number of fused-ring (bicyclic) bond motifs is 1. The Balaban J connectivity index is 1.37. The van der Waals surface area contributed by atoms with Crippen LogP contribution in [-0.2, 0) is 20.8 Å². The number of nitrogens with zero attached hydrogens (tertiary/aromatic N) is 1. The van der Waals surface area contributed by atoms with Crippen molar-refractivity contribution in [3.05, 3.63) is 83.9 Å². The van der Waals surface area contributed by atoms with Gasteiger partial charge in [0.2, 0.25) is 17.7 Å². The van der Waals surface area contributed by atoms with E-state index in [0.717, 1.165) is 22.8 Å². The van der Waals surface area contributed by atoms with E-state index in [2.05, 4.69) is 10.6 Å². The van der Waals surface area contributed by atoms with Crippen LogP contribution in [0, 0.1) is 0 Å². The largest absolute Gasteiger partial charge is 0.390 e. The van der Waals surface area contributed by atoms with Gasteiger partial charge in [0.05, 0.1) is 30.7 Å². The molecule has 10 heteroatoms. The van der Waals surface area contributed by atoms with Gasteiger partial charge in [0.25, 0.3) is 5.91 Å². The molecule has 4 amide bonds. The molecule has 3 aromatic carbocycles. The number of benzene rings is 3. The van der Waals surface area contributed by atoms with Crippen molar-refractivity contribution < 1.29 is 24.3 Å². The van der Waals surface area contributed by atoms with Gasteiger partial charge in [-0.2, -0.15) is 0 Å². The van der Waals surface area contributed by atoms with Gasteiger partial charge in [-0.05, 0) is 54.3 Å². The predicted molar refractivity (Wildman–Crippen MR) is 151 cm³/mol. The minimum atomic E-state index is -1.25. The van der Waals surface area contributed by atoms with Crippen LogP contribution in [0.5, 0.6) is 0 Å². The highest BCUT2D eigenvalue weighted by molar-refractivity contribution is 6.07. The molecular weight excluding hydrogens is 510 g/mol. The molecule has 10 nitrogen and oxygen atoms in total. The number of aliphatic hydroxyl groups excluding tert-OH is 1. The summed E-state index contributed by atoms with van der Waals surface area (Å²) in [5.74, 6) is -2.36. The lowest BCUT2D eigenvalue weighted by atomic mass is 9.99. The molecular formula is C30H35N5O5. The number of nitrogens with two attached hydrogens (primary N) is 2. The molecule has 1 saturated heterocycles. The molecule has 4 rings (SSSR count). The second-order valence-electron chi connectivity index (χ2n) is 10.2. The fourth-order valence-electron chi connectivity index (χ4n) is 5.05. The van der Waals surface area contributed by atoms with Crippen molar-refractivity contribution in [1.29, 1.82) is 0 Å². The van der Waals surface area contributed by atoms with Crippen LogP contribution in [-0.4, -0.2) is 71.0 Å². The van der Waals surface area contributed by atoms with E-state index >= 15 is 0 Å². The van der Waals surface area contributed by atoms with Crippen LogP contribution < -0.4 is 22.1 Å². The number of hydrogen-bond donors (Lipinski definition) is 5. The van der Waals surface area contributed by atoms with Crippen molar-refractivity contribution in [1.82, 2.24) is 15.5 Å². The van der Waals surface area contributed by atoms with Gasteiger partial charge in [-0.1, -0.05) is 60.7 Å². The Bertz CT molecular complexity index is 1360. The van der Waals surface area contributed by atoms with Crippen LogP contribution in [0.4, 0.5) is 0 Å². The molecule has 210 valence electrons. The van der Waals surface area contributed by atoms with Crippen molar-refractivity contribution in [2.45, 2.75) is 49.9 Å². The van der Waals surface area contributed by atoms with Crippen molar-refractivity contribution >= 4 is 34.4 Å². The maximum Gasteiger partial charge on any atom is 0.257 e. The lowest BCUT2D eigenvalue weighted by Gasteiger charge is -2.30. The summed E-state index contributed by atoms with van der Waals surface area (Å²) in [4.78, 5) is 51.8. The Morgan fingerprint density at radius 1 is 0.975 bits per heavy atom. The minimum Gasteiger partial charge on any atom is -0.390 e. The average Bonchev–Trinajstić information content (AvgIpc) is 3.41. The fraction of sp³-hybridized carbons (Fsp3) is 0.333. The van der Waals surface area contributed by atoms with Crippen molar-refractivity contribution in [2.75, 3.05) is 13.1 Å². The van der Waals surface area contributed by atoms with E-state index in [1.54, 1.807) is 18.2 Å². The van der Waals surface area contributed by atoms with Gasteiger partial charge in [-0.15, -0.1) is 0 Å². The Hall–Kier alpha value is -4.12. The van der Waals surface area contributed by atoms with E-state index in [1.165, 1.54) is 0 Å². The number of carbonyl (C=O) groups is 4. The standard InChI is InChI=1S/C30H35N5O5/c31-23(17-27(37)34-29(39)22-13-12-20-9-4-5-10-21(20)16-22)30(40)33-24(15-19-7-2-1-3-8-19)26(36)18-35-14-6-11-25(35)28(32)38/h1-5,7-10,12-13,16,23-26,36H,6,11,14-15,17-18,31H2,(H2,32,38)(H,33,40)(H,34,37,39)/t23-,24?,25-,26?/m0/s1. The second kappa shape index (κ2) is 13.3. The van der Waals surface area contributed by atoms with Crippen LogP contribution in [0.3, 0.4) is 0 Å². The smallest absolute Gasteiger partial charge is 0.257 e. The van der Waals surface area contributed by atoms with Crippen LogP contribution in [0.15, 0.2) is 72.8 Å². The van der Waals surface area contributed by atoms with Gasteiger partial charge in [0, 0.05) is 12.1 Å². The Kier molecular flexibility index (Phi) is 9.60. The quantitative estimate of drug-likeness (QED) is 0.238. The molecule has 0 aliphatic carbocycles. The van der Waals surface area contributed by atoms with Crippen molar-refractivity contribution in [3.63, 3.8) is 0 Å². The first-order chi connectivity index (χ1) is 19.2. The van der Waals surface area contributed by atoms with E-state index < -0.39 is 54.3 Å². The summed E-state index contributed by atoms with van der Waals surface area (Å²) in [5, 5.41) is 18.0. The molecule has 0 radical (unpaired) electrons. The fourth-order valence-corrected chi connectivity index (χ4v) is 5.05. The maximum absolute atomic E-state index is 13.0. The number of hydrogen-bond acceptors (Lipinski definition) is 7. The third-order valence-electron chi connectivity index (χ3n) is 7.21. The summed E-state index contributed by atoms with van der Waals surface area (Å²) < 4.78 is 0. The van der Waals surface area contributed by atoms with Crippen LogP contribution in [0.2, 0.25) is 0 Å². The molecule has 1 heterocycles. The van der Waals surface area contributed by atoms with E-state index in [-0.39, 0.29) is 6.54 Å². The zero-order valence-electron chi connectivity index (χ0n) is 22.2. The number of rotatable bonds is 11. The molecule has 0 bridgehead atoms. The molecule has 1 fully saturated rings. The first kappa shape index (κ1) is 28.9. The molecule has 2 unspecified atom stereocenters. The maximum atomic E-state index is 13.0. The second-order valence-corrected chi connectivity index (χ2v) is 10.2. The molecule has 0 aromatic heterocycles. The topological polar surface area (TPSA) is 168 Å². The SMILES string of the molecule is NC(=O)[C@@H]1CCCN1CC(O)C(Cc1ccccc1)NC(=O)[C@@H](N)CC(=O)NC(=O)c1ccc2ccccc2c1. The lowest BCUT2D eigenvalue weighted by Crippen LogP contribution is -2.55. The molecule has 4 atom stereocenters. The molecule has 1 aliphatic rings.